The van der Waals surface area contributed by atoms with Crippen LogP contribution in [0, 0.1) is 19.7 Å². The van der Waals surface area contributed by atoms with E-state index in [1.54, 1.807) is 12.1 Å². The number of rotatable bonds is 5. The Hall–Kier alpha value is -2.87. The normalized spacial score (nSPS) is 10.7. The van der Waals surface area contributed by atoms with E-state index < -0.39 is 0 Å². The Morgan fingerprint density at radius 3 is 2.58 bits per heavy atom. The molecule has 0 aliphatic carbocycles. The van der Waals surface area contributed by atoms with Crippen molar-refractivity contribution in [2.75, 3.05) is 16.9 Å². The molecule has 6 nitrogen and oxygen atoms in total. The molecule has 1 amide bonds. The highest BCUT2D eigenvalue weighted by molar-refractivity contribution is 7.99. The van der Waals surface area contributed by atoms with Gasteiger partial charge in [-0.3, -0.25) is 4.79 Å². The van der Waals surface area contributed by atoms with E-state index in [0.717, 1.165) is 11.3 Å². The van der Waals surface area contributed by atoms with Crippen LogP contribution >= 0.6 is 11.8 Å². The number of thioether (sulfide) groups is 1. The molecule has 1 aromatic heterocycles. The molecule has 0 bridgehead atoms. The number of halogens is 1. The number of carbonyl (C=O) groups is 1. The van der Waals surface area contributed by atoms with Gasteiger partial charge >= 0.3 is 0 Å². The molecule has 3 rings (SSSR count). The summed E-state index contributed by atoms with van der Waals surface area (Å²) in [6, 6.07) is 11.6. The molecule has 2 aromatic carbocycles. The van der Waals surface area contributed by atoms with Crippen LogP contribution in [0.2, 0.25) is 0 Å². The summed E-state index contributed by atoms with van der Waals surface area (Å²) < 4.78 is 14.3. The molecule has 134 valence electrons. The number of benzene rings is 2. The number of amides is 1. The highest BCUT2D eigenvalue weighted by Crippen LogP contribution is 2.22. The summed E-state index contributed by atoms with van der Waals surface area (Å²) in [5, 5.41) is 11.3. The largest absolute Gasteiger partial charge is 0.335 e. The number of hydrogen-bond acceptors (Lipinski definition) is 5. The Bertz CT molecular complexity index is 939. The maximum Gasteiger partial charge on any atom is 0.234 e. The number of aryl methyl sites for hydroxylation is 2. The van der Waals surface area contributed by atoms with E-state index in [-0.39, 0.29) is 17.5 Å². The highest BCUT2D eigenvalue weighted by Gasteiger charge is 2.14. The van der Waals surface area contributed by atoms with Crippen molar-refractivity contribution in [3.63, 3.8) is 0 Å². The summed E-state index contributed by atoms with van der Waals surface area (Å²) in [5.74, 6) is 6.04. The van der Waals surface area contributed by atoms with Crippen LogP contribution in [-0.4, -0.2) is 26.5 Å². The molecule has 0 saturated carbocycles. The monoisotopic (exact) mass is 371 g/mol. The van der Waals surface area contributed by atoms with Crippen LogP contribution in [0.4, 0.5) is 10.1 Å². The first-order valence-corrected chi connectivity index (χ1v) is 8.89. The summed E-state index contributed by atoms with van der Waals surface area (Å²) in [6.45, 7) is 4.01. The zero-order valence-electron chi connectivity index (χ0n) is 14.4. The molecule has 0 saturated heterocycles. The number of anilines is 1. The van der Waals surface area contributed by atoms with Gasteiger partial charge in [0.25, 0.3) is 0 Å². The van der Waals surface area contributed by atoms with Gasteiger partial charge in [-0.1, -0.05) is 17.8 Å². The third-order valence-electron chi connectivity index (χ3n) is 3.89. The first-order valence-electron chi connectivity index (χ1n) is 7.90. The molecule has 0 fully saturated rings. The van der Waals surface area contributed by atoms with Gasteiger partial charge in [-0.2, -0.15) is 0 Å². The molecule has 0 radical (unpaired) electrons. The number of nitrogens with one attached hydrogen (secondary N) is 1. The van der Waals surface area contributed by atoms with E-state index in [2.05, 4.69) is 15.5 Å². The fourth-order valence-electron chi connectivity index (χ4n) is 2.32. The molecule has 0 spiro atoms. The lowest BCUT2D eigenvalue weighted by atomic mass is 10.1. The number of carbonyl (C=O) groups excluding carboxylic acids is 1. The molecule has 3 N–H and O–H groups in total. The Morgan fingerprint density at radius 1 is 1.15 bits per heavy atom. The molecular formula is C18H18FN5OS. The first-order chi connectivity index (χ1) is 12.4. The van der Waals surface area contributed by atoms with Crippen molar-refractivity contribution >= 4 is 23.4 Å². The quantitative estimate of drug-likeness (QED) is 0.532. The van der Waals surface area contributed by atoms with Gasteiger partial charge in [0.1, 0.15) is 5.82 Å². The van der Waals surface area contributed by atoms with E-state index in [1.165, 1.54) is 34.1 Å². The van der Waals surface area contributed by atoms with Crippen LogP contribution < -0.4 is 11.2 Å². The number of aromatic nitrogens is 3. The standard InChI is InChI=1S/C18H18FN5OS/c1-11-3-8-15(9-12(11)2)21-16(25)10-26-18-23-22-17(24(18)20)13-4-6-14(19)7-5-13/h3-9H,10,20H2,1-2H3,(H,21,25). The van der Waals surface area contributed by atoms with Gasteiger partial charge in [-0.15, -0.1) is 10.2 Å². The molecule has 0 unspecified atom stereocenters. The summed E-state index contributed by atoms with van der Waals surface area (Å²) >= 11 is 1.18. The maximum absolute atomic E-state index is 13.0. The lowest BCUT2D eigenvalue weighted by molar-refractivity contribution is -0.113. The van der Waals surface area contributed by atoms with Crippen molar-refractivity contribution < 1.29 is 9.18 Å². The first kappa shape index (κ1) is 17.9. The van der Waals surface area contributed by atoms with Gasteiger partial charge in [0, 0.05) is 11.3 Å². The third-order valence-corrected chi connectivity index (χ3v) is 4.83. The molecule has 1 heterocycles. The summed E-state index contributed by atoms with van der Waals surface area (Å²) in [4.78, 5) is 12.1. The minimum absolute atomic E-state index is 0.145. The van der Waals surface area contributed by atoms with Gasteiger partial charge in [-0.05, 0) is 61.4 Å². The van der Waals surface area contributed by atoms with Gasteiger partial charge in [0.05, 0.1) is 5.75 Å². The van der Waals surface area contributed by atoms with Gasteiger partial charge < -0.3 is 11.2 Å². The van der Waals surface area contributed by atoms with Gasteiger partial charge in [-0.25, -0.2) is 9.07 Å². The van der Waals surface area contributed by atoms with Crippen LogP contribution in [0.15, 0.2) is 47.6 Å². The molecule has 0 aliphatic heterocycles. The Labute approximate surface area is 154 Å². The second-order valence-electron chi connectivity index (χ2n) is 5.82. The van der Waals surface area contributed by atoms with E-state index in [4.69, 9.17) is 5.84 Å². The van der Waals surface area contributed by atoms with Gasteiger partial charge in [0.2, 0.25) is 11.1 Å². The van der Waals surface area contributed by atoms with E-state index in [9.17, 15) is 9.18 Å². The van der Waals surface area contributed by atoms with Crippen molar-refractivity contribution in [1.29, 1.82) is 0 Å². The van der Waals surface area contributed by atoms with Crippen molar-refractivity contribution in [2.45, 2.75) is 19.0 Å². The predicted octanol–water partition coefficient (Wildman–Crippen LogP) is 3.15. The predicted molar refractivity (Wildman–Crippen MR) is 101 cm³/mol. The summed E-state index contributed by atoms with van der Waals surface area (Å²) in [7, 11) is 0. The lowest BCUT2D eigenvalue weighted by Crippen LogP contribution is -2.16. The zero-order valence-corrected chi connectivity index (χ0v) is 15.2. The fourth-order valence-corrected chi connectivity index (χ4v) is 2.97. The molecule has 26 heavy (non-hydrogen) atoms. The second-order valence-corrected chi connectivity index (χ2v) is 6.76. The number of nitrogen functional groups attached to an aromatic ring is 1. The van der Waals surface area contributed by atoms with Crippen LogP contribution in [0.25, 0.3) is 11.4 Å². The van der Waals surface area contributed by atoms with Crippen LogP contribution in [-0.2, 0) is 4.79 Å². The van der Waals surface area contributed by atoms with Crippen molar-refractivity contribution in [3.05, 3.63) is 59.4 Å². The topological polar surface area (TPSA) is 85.8 Å². The molecule has 0 aliphatic rings. The van der Waals surface area contributed by atoms with E-state index in [0.29, 0.717) is 16.5 Å². The average Bonchev–Trinajstić information content (AvgIpc) is 2.98. The molecule has 8 heteroatoms. The molecular weight excluding hydrogens is 353 g/mol. The summed E-state index contributed by atoms with van der Waals surface area (Å²) in [5.41, 5.74) is 3.68. The van der Waals surface area contributed by atoms with Crippen LogP contribution in [0.1, 0.15) is 11.1 Å². The van der Waals surface area contributed by atoms with Crippen molar-refractivity contribution in [2.24, 2.45) is 0 Å². The maximum atomic E-state index is 13.0. The molecule has 0 atom stereocenters. The van der Waals surface area contributed by atoms with E-state index in [1.807, 2.05) is 32.0 Å². The number of hydrogen-bond donors (Lipinski definition) is 2. The fraction of sp³-hybridized carbons (Fsp3) is 0.167. The third kappa shape index (κ3) is 4.02. The number of nitrogens with two attached hydrogens (primary N) is 1. The van der Waals surface area contributed by atoms with Crippen LogP contribution in [0.5, 0.6) is 0 Å². The lowest BCUT2D eigenvalue weighted by Gasteiger charge is -2.07. The number of nitrogens with zero attached hydrogens (tertiary/aromatic N) is 3. The summed E-state index contributed by atoms with van der Waals surface area (Å²) in [6.07, 6.45) is 0. The van der Waals surface area contributed by atoms with Gasteiger partial charge in [0.15, 0.2) is 5.82 Å². The second kappa shape index (κ2) is 7.57. The Morgan fingerprint density at radius 2 is 1.88 bits per heavy atom. The minimum Gasteiger partial charge on any atom is -0.335 e. The highest BCUT2D eigenvalue weighted by atomic mass is 32.2. The van der Waals surface area contributed by atoms with Crippen molar-refractivity contribution in [1.82, 2.24) is 14.9 Å². The van der Waals surface area contributed by atoms with Crippen LogP contribution in [0.3, 0.4) is 0 Å². The van der Waals surface area contributed by atoms with E-state index >= 15 is 0 Å². The average molecular weight is 371 g/mol. The Kier molecular flexibility index (Phi) is 5.22. The Balaban J connectivity index is 1.63. The zero-order chi connectivity index (χ0) is 18.7. The SMILES string of the molecule is Cc1ccc(NC(=O)CSc2nnc(-c3ccc(F)cc3)n2N)cc1C. The minimum atomic E-state index is -0.338. The van der Waals surface area contributed by atoms with Crippen molar-refractivity contribution in [3.8, 4) is 11.4 Å². The smallest absolute Gasteiger partial charge is 0.234 e. The molecule has 3 aromatic rings.